The van der Waals surface area contributed by atoms with E-state index in [2.05, 4.69) is 43.1 Å². The van der Waals surface area contributed by atoms with E-state index < -0.39 is 0 Å². The molecular weight excluding hydrogens is 210 g/mol. The molecule has 2 heterocycles. The van der Waals surface area contributed by atoms with Crippen LogP contribution in [0.15, 0.2) is 18.2 Å². The van der Waals surface area contributed by atoms with E-state index in [0.29, 0.717) is 12.1 Å². The maximum Gasteiger partial charge on any atom is 0.131 e. The number of hydrogen-bond acceptors (Lipinski definition) is 3. The number of aromatic nitrogens is 1. The molecule has 0 radical (unpaired) electrons. The molecule has 3 nitrogen and oxygen atoms in total. The van der Waals surface area contributed by atoms with Crippen LogP contribution in [0.4, 0.5) is 11.6 Å². The first kappa shape index (κ1) is 12.2. The predicted molar refractivity (Wildman–Crippen MR) is 73.7 cm³/mol. The van der Waals surface area contributed by atoms with Gasteiger partial charge in [-0.2, -0.15) is 0 Å². The lowest BCUT2D eigenvalue weighted by molar-refractivity contribution is 0.621. The molecule has 1 N–H and O–H groups in total. The summed E-state index contributed by atoms with van der Waals surface area (Å²) in [6, 6.07) is 7.54. The second-order valence-electron chi connectivity index (χ2n) is 4.81. The number of pyridine rings is 1. The maximum atomic E-state index is 4.71. The van der Waals surface area contributed by atoms with Crippen LogP contribution >= 0.6 is 0 Å². The minimum atomic E-state index is 0.615. The molecule has 0 spiro atoms. The first-order chi connectivity index (χ1) is 8.26. The fraction of sp³-hybridized carbons (Fsp3) is 0.643. The summed E-state index contributed by atoms with van der Waals surface area (Å²) in [5, 5.41) is 3.28. The van der Waals surface area contributed by atoms with Crippen molar-refractivity contribution >= 4 is 11.6 Å². The number of nitrogens with zero attached hydrogens (tertiary/aromatic N) is 2. The second-order valence-corrected chi connectivity index (χ2v) is 4.81. The lowest BCUT2D eigenvalue weighted by Crippen LogP contribution is -2.34. The van der Waals surface area contributed by atoms with E-state index in [0.717, 1.165) is 18.2 Å². The van der Waals surface area contributed by atoms with Gasteiger partial charge in [0.05, 0.1) is 0 Å². The van der Waals surface area contributed by atoms with E-state index in [1.165, 1.54) is 19.3 Å². The molecule has 1 fully saturated rings. The highest BCUT2D eigenvalue weighted by molar-refractivity contribution is 5.49. The van der Waals surface area contributed by atoms with Crippen LogP contribution in [0.25, 0.3) is 0 Å². The molecule has 1 aliphatic heterocycles. The molecule has 1 aliphatic rings. The normalized spacial score (nSPS) is 24.1. The average molecular weight is 233 g/mol. The SMILES string of the molecule is CCNc1cccc(N2C(C)CCC2CC)n1. The van der Waals surface area contributed by atoms with E-state index in [1.807, 2.05) is 6.07 Å². The molecule has 2 unspecified atom stereocenters. The lowest BCUT2D eigenvalue weighted by atomic mass is 10.1. The molecule has 3 heteroatoms. The van der Waals surface area contributed by atoms with Crippen LogP contribution in [0.2, 0.25) is 0 Å². The van der Waals surface area contributed by atoms with Crippen LogP contribution in [0, 0.1) is 0 Å². The van der Waals surface area contributed by atoms with E-state index in [4.69, 9.17) is 4.98 Å². The van der Waals surface area contributed by atoms with Gasteiger partial charge in [-0.25, -0.2) is 4.98 Å². The molecule has 1 aromatic heterocycles. The van der Waals surface area contributed by atoms with Crippen LogP contribution in [-0.2, 0) is 0 Å². The zero-order valence-electron chi connectivity index (χ0n) is 11.1. The topological polar surface area (TPSA) is 28.2 Å². The molecule has 0 bridgehead atoms. The van der Waals surface area contributed by atoms with Crippen molar-refractivity contribution in [2.75, 3.05) is 16.8 Å². The summed E-state index contributed by atoms with van der Waals surface area (Å²) in [6.07, 6.45) is 3.79. The average Bonchev–Trinajstić information content (AvgIpc) is 2.71. The number of anilines is 2. The van der Waals surface area contributed by atoms with E-state index in [-0.39, 0.29) is 0 Å². The fourth-order valence-electron chi connectivity index (χ4n) is 2.73. The van der Waals surface area contributed by atoms with Crippen molar-refractivity contribution in [3.05, 3.63) is 18.2 Å². The van der Waals surface area contributed by atoms with Gasteiger partial charge in [0.25, 0.3) is 0 Å². The number of hydrogen-bond donors (Lipinski definition) is 1. The van der Waals surface area contributed by atoms with Gasteiger partial charge < -0.3 is 10.2 Å². The second kappa shape index (κ2) is 5.39. The summed E-state index contributed by atoms with van der Waals surface area (Å²) in [6.45, 7) is 7.59. The highest BCUT2D eigenvalue weighted by atomic mass is 15.3. The quantitative estimate of drug-likeness (QED) is 0.865. The van der Waals surface area contributed by atoms with Crippen molar-refractivity contribution in [2.45, 2.75) is 52.1 Å². The molecule has 94 valence electrons. The van der Waals surface area contributed by atoms with E-state index in [1.54, 1.807) is 0 Å². The van der Waals surface area contributed by atoms with Crippen molar-refractivity contribution in [2.24, 2.45) is 0 Å². The summed E-state index contributed by atoms with van der Waals surface area (Å²) in [7, 11) is 0. The largest absolute Gasteiger partial charge is 0.370 e. The van der Waals surface area contributed by atoms with Crippen molar-refractivity contribution in [3.8, 4) is 0 Å². The van der Waals surface area contributed by atoms with Gasteiger partial charge in [-0.15, -0.1) is 0 Å². The van der Waals surface area contributed by atoms with Crippen molar-refractivity contribution in [1.82, 2.24) is 4.98 Å². The molecular formula is C14H23N3. The third-order valence-corrected chi connectivity index (χ3v) is 3.61. The Morgan fingerprint density at radius 2 is 2.18 bits per heavy atom. The first-order valence-electron chi connectivity index (χ1n) is 6.75. The van der Waals surface area contributed by atoms with Gasteiger partial charge in [0.2, 0.25) is 0 Å². The van der Waals surface area contributed by atoms with Crippen molar-refractivity contribution in [1.29, 1.82) is 0 Å². The third-order valence-electron chi connectivity index (χ3n) is 3.61. The van der Waals surface area contributed by atoms with Gasteiger partial charge in [0.15, 0.2) is 0 Å². The van der Waals surface area contributed by atoms with Gasteiger partial charge in [-0.3, -0.25) is 0 Å². The first-order valence-corrected chi connectivity index (χ1v) is 6.75. The zero-order chi connectivity index (χ0) is 12.3. The van der Waals surface area contributed by atoms with Gasteiger partial charge in [0.1, 0.15) is 11.6 Å². The summed E-state index contributed by atoms with van der Waals surface area (Å²) in [4.78, 5) is 7.19. The molecule has 1 aromatic rings. The van der Waals surface area contributed by atoms with Crippen LogP contribution < -0.4 is 10.2 Å². The van der Waals surface area contributed by atoms with Gasteiger partial charge >= 0.3 is 0 Å². The summed E-state index contributed by atoms with van der Waals surface area (Å²) in [5.41, 5.74) is 0. The standard InChI is InChI=1S/C14H23N3/c1-4-12-10-9-11(3)17(12)14-8-6-7-13(16-14)15-5-2/h6-8,11-12H,4-5,9-10H2,1-3H3,(H,15,16). The molecule has 0 aliphatic carbocycles. The van der Waals surface area contributed by atoms with Crippen molar-refractivity contribution < 1.29 is 0 Å². The maximum absolute atomic E-state index is 4.71. The number of nitrogens with one attached hydrogen (secondary N) is 1. The fourth-order valence-corrected chi connectivity index (χ4v) is 2.73. The Labute approximate surface area is 104 Å². The smallest absolute Gasteiger partial charge is 0.131 e. The Morgan fingerprint density at radius 3 is 2.88 bits per heavy atom. The zero-order valence-corrected chi connectivity index (χ0v) is 11.1. The van der Waals surface area contributed by atoms with E-state index in [9.17, 15) is 0 Å². The summed E-state index contributed by atoms with van der Waals surface area (Å²) >= 11 is 0. The highest BCUT2D eigenvalue weighted by Crippen LogP contribution is 2.31. The Morgan fingerprint density at radius 1 is 1.35 bits per heavy atom. The molecule has 0 aromatic carbocycles. The Kier molecular flexibility index (Phi) is 3.87. The van der Waals surface area contributed by atoms with Gasteiger partial charge in [0, 0.05) is 18.6 Å². The molecule has 2 atom stereocenters. The molecule has 17 heavy (non-hydrogen) atoms. The monoisotopic (exact) mass is 233 g/mol. The molecule has 0 amide bonds. The van der Waals surface area contributed by atoms with Crippen LogP contribution in [0.5, 0.6) is 0 Å². The third kappa shape index (κ3) is 2.54. The minimum Gasteiger partial charge on any atom is -0.370 e. The Hall–Kier alpha value is -1.25. The number of rotatable bonds is 4. The van der Waals surface area contributed by atoms with Crippen LogP contribution in [-0.4, -0.2) is 23.6 Å². The molecule has 2 rings (SSSR count). The van der Waals surface area contributed by atoms with Crippen LogP contribution in [0.3, 0.4) is 0 Å². The molecule has 1 saturated heterocycles. The van der Waals surface area contributed by atoms with Gasteiger partial charge in [-0.1, -0.05) is 13.0 Å². The molecule has 0 saturated carbocycles. The van der Waals surface area contributed by atoms with Gasteiger partial charge in [-0.05, 0) is 45.2 Å². The Balaban J connectivity index is 2.22. The highest BCUT2D eigenvalue weighted by Gasteiger charge is 2.30. The van der Waals surface area contributed by atoms with Crippen molar-refractivity contribution in [3.63, 3.8) is 0 Å². The minimum absolute atomic E-state index is 0.615. The van der Waals surface area contributed by atoms with Crippen LogP contribution in [0.1, 0.15) is 40.0 Å². The summed E-state index contributed by atoms with van der Waals surface area (Å²) < 4.78 is 0. The Bertz CT molecular complexity index is 364. The predicted octanol–water partition coefficient (Wildman–Crippen LogP) is 3.28. The summed E-state index contributed by atoms with van der Waals surface area (Å²) in [5.74, 6) is 2.11. The lowest BCUT2D eigenvalue weighted by Gasteiger charge is -2.29. The van der Waals surface area contributed by atoms with E-state index >= 15 is 0 Å².